The minimum atomic E-state index is -1.66. The summed E-state index contributed by atoms with van der Waals surface area (Å²) in [5.74, 6) is -0.414. The molecule has 2 heterocycles. The Balaban J connectivity index is 2.21. The van der Waals surface area contributed by atoms with E-state index >= 15 is 0 Å². The topological polar surface area (TPSA) is 178 Å². The van der Waals surface area contributed by atoms with Crippen molar-refractivity contribution in [3.63, 3.8) is 0 Å². The molecule has 10 atom stereocenters. The van der Waals surface area contributed by atoms with Gasteiger partial charge in [0.2, 0.25) is 5.91 Å². The first-order valence-electron chi connectivity index (χ1n) is 8.38. The van der Waals surface area contributed by atoms with Gasteiger partial charge in [-0.2, -0.15) is 0 Å². The molecular formula is C15H27NO10. The Labute approximate surface area is 150 Å². The fourth-order valence-corrected chi connectivity index (χ4v) is 3.22. The summed E-state index contributed by atoms with van der Waals surface area (Å²) in [6.07, 6.45) is -11.7. The number of nitrogens with one attached hydrogen (secondary N) is 1. The lowest BCUT2D eigenvalue weighted by Gasteiger charge is -2.47. The smallest absolute Gasteiger partial charge is 0.217 e. The molecule has 152 valence electrons. The van der Waals surface area contributed by atoms with E-state index in [4.69, 9.17) is 14.2 Å². The first-order chi connectivity index (χ1) is 12.2. The second kappa shape index (κ2) is 8.87. The van der Waals surface area contributed by atoms with Crippen LogP contribution < -0.4 is 5.32 Å². The SMILES string of the molecule is CC(=O)NC1C(O[C@@H]2OC(CO)[C@H](O)C(O)[C@@H]2O)[C@H](O)C(CO)O[C@H]1C. The van der Waals surface area contributed by atoms with E-state index in [2.05, 4.69) is 5.32 Å². The third-order valence-corrected chi connectivity index (χ3v) is 4.66. The van der Waals surface area contributed by atoms with E-state index in [0.29, 0.717) is 0 Å². The zero-order valence-corrected chi connectivity index (χ0v) is 14.5. The van der Waals surface area contributed by atoms with Gasteiger partial charge in [0, 0.05) is 6.92 Å². The van der Waals surface area contributed by atoms with Gasteiger partial charge >= 0.3 is 0 Å². The highest BCUT2D eigenvalue weighted by atomic mass is 16.7. The molecule has 2 aliphatic rings. The van der Waals surface area contributed by atoms with Gasteiger partial charge in [-0.15, -0.1) is 0 Å². The van der Waals surface area contributed by atoms with Crippen LogP contribution in [-0.4, -0.2) is 111 Å². The Morgan fingerprint density at radius 2 is 1.54 bits per heavy atom. The van der Waals surface area contributed by atoms with E-state index in [1.807, 2.05) is 0 Å². The number of aliphatic hydroxyl groups excluding tert-OH is 6. The number of carbonyl (C=O) groups excluding carboxylic acids is 1. The second-order valence-corrected chi connectivity index (χ2v) is 6.58. The first-order valence-corrected chi connectivity index (χ1v) is 8.38. The van der Waals surface area contributed by atoms with Gasteiger partial charge < -0.3 is 50.2 Å². The summed E-state index contributed by atoms with van der Waals surface area (Å²) >= 11 is 0. The summed E-state index contributed by atoms with van der Waals surface area (Å²) < 4.78 is 16.4. The number of aliphatic hydroxyl groups is 6. The highest BCUT2D eigenvalue weighted by molar-refractivity contribution is 5.73. The molecule has 0 aliphatic carbocycles. The molecule has 11 heteroatoms. The van der Waals surface area contributed by atoms with Crippen molar-refractivity contribution in [3.05, 3.63) is 0 Å². The molecule has 0 bridgehead atoms. The van der Waals surface area contributed by atoms with Crippen molar-refractivity contribution in [2.75, 3.05) is 13.2 Å². The van der Waals surface area contributed by atoms with E-state index in [1.165, 1.54) is 6.92 Å². The summed E-state index contributed by atoms with van der Waals surface area (Å²) in [7, 11) is 0. The van der Waals surface area contributed by atoms with Crippen LogP contribution in [0, 0.1) is 0 Å². The van der Waals surface area contributed by atoms with Gasteiger partial charge in [0.05, 0.1) is 25.4 Å². The summed E-state index contributed by atoms with van der Waals surface area (Å²) in [5.41, 5.74) is 0. The van der Waals surface area contributed by atoms with Gasteiger partial charge in [-0.05, 0) is 6.92 Å². The summed E-state index contributed by atoms with van der Waals surface area (Å²) in [6.45, 7) is 1.74. The average molecular weight is 381 g/mol. The Bertz CT molecular complexity index is 477. The molecule has 0 spiro atoms. The molecule has 0 saturated carbocycles. The number of ether oxygens (including phenoxy) is 3. The molecular weight excluding hydrogens is 354 g/mol. The van der Waals surface area contributed by atoms with Crippen LogP contribution in [0.4, 0.5) is 0 Å². The van der Waals surface area contributed by atoms with Crippen LogP contribution in [-0.2, 0) is 19.0 Å². The molecule has 1 amide bonds. The maximum atomic E-state index is 11.5. The quantitative estimate of drug-likeness (QED) is 0.247. The highest BCUT2D eigenvalue weighted by Crippen LogP contribution is 2.29. The van der Waals surface area contributed by atoms with Gasteiger partial charge in [-0.1, -0.05) is 0 Å². The van der Waals surface area contributed by atoms with Crippen LogP contribution in [0.3, 0.4) is 0 Å². The molecule has 0 aromatic rings. The van der Waals surface area contributed by atoms with E-state index in [0.717, 1.165) is 0 Å². The zero-order valence-electron chi connectivity index (χ0n) is 14.5. The lowest BCUT2D eigenvalue weighted by molar-refractivity contribution is -0.331. The summed E-state index contributed by atoms with van der Waals surface area (Å²) in [5, 5.41) is 61.4. The zero-order chi connectivity index (χ0) is 19.6. The van der Waals surface area contributed by atoms with Crippen LogP contribution in [0.25, 0.3) is 0 Å². The van der Waals surface area contributed by atoms with Crippen molar-refractivity contribution in [1.82, 2.24) is 5.32 Å². The molecule has 26 heavy (non-hydrogen) atoms. The van der Waals surface area contributed by atoms with Crippen molar-refractivity contribution in [1.29, 1.82) is 0 Å². The van der Waals surface area contributed by atoms with Crippen LogP contribution in [0.5, 0.6) is 0 Å². The molecule has 11 nitrogen and oxygen atoms in total. The van der Waals surface area contributed by atoms with Gasteiger partial charge in [0.25, 0.3) is 0 Å². The number of rotatable bonds is 5. The third kappa shape index (κ3) is 4.32. The van der Waals surface area contributed by atoms with Crippen molar-refractivity contribution >= 4 is 5.91 Å². The Kier molecular flexibility index (Phi) is 7.30. The average Bonchev–Trinajstić information content (AvgIpc) is 2.60. The second-order valence-electron chi connectivity index (χ2n) is 6.58. The van der Waals surface area contributed by atoms with E-state index in [1.54, 1.807) is 6.92 Å². The maximum Gasteiger partial charge on any atom is 0.217 e. The monoisotopic (exact) mass is 381 g/mol. The predicted molar refractivity (Wildman–Crippen MR) is 83.7 cm³/mol. The molecule has 0 radical (unpaired) electrons. The van der Waals surface area contributed by atoms with Crippen molar-refractivity contribution < 1.29 is 49.6 Å². The predicted octanol–water partition coefficient (Wildman–Crippen LogP) is -4.18. The molecule has 0 aromatic heterocycles. The molecule has 0 aromatic carbocycles. The van der Waals surface area contributed by atoms with Crippen LogP contribution in [0.15, 0.2) is 0 Å². The molecule has 7 N–H and O–H groups in total. The first kappa shape index (κ1) is 21.4. The molecule has 2 saturated heterocycles. The lowest BCUT2D eigenvalue weighted by atomic mass is 9.92. The highest BCUT2D eigenvalue weighted by Gasteiger charge is 2.50. The summed E-state index contributed by atoms with van der Waals surface area (Å²) in [6, 6.07) is -0.835. The fourth-order valence-electron chi connectivity index (χ4n) is 3.22. The molecule has 2 aliphatic heterocycles. The van der Waals surface area contributed by atoms with E-state index < -0.39 is 80.3 Å². The largest absolute Gasteiger partial charge is 0.394 e. The standard InChI is InChI=1S/C15H27NO10/c1-5-9(16-6(2)19)14(11(21)8(4-18)24-5)26-15-13(23)12(22)10(20)7(3-17)25-15/h5,7-15,17-18,20-23H,3-4H2,1-2H3,(H,16,19)/t5-,7?,8?,9?,10-,11+,12?,13-,14?,15-/m0/s1. The van der Waals surface area contributed by atoms with Crippen molar-refractivity contribution in [2.45, 2.75) is 75.0 Å². The number of amides is 1. The molecule has 5 unspecified atom stereocenters. The Morgan fingerprint density at radius 1 is 0.962 bits per heavy atom. The van der Waals surface area contributed by atoms with Gasteiger partial charge in [-0.3, -0.25) is 4.79 Å². The van der Waals surface area contributed by atoms with Crippen molar-refractivity contribution in [3.8, 4) is 0 Å². The Morgan fingerprint density at radius 3 is 2.08 bits per heavy atom. The number of hydrogen-bond donors (Lipinski definition) is 7. The number of carbonyl (C=O) groups is 1. The number of hydrogen-bond acceptors (Lipinski definition) is 10. The molecule has 2 fully saturated rings. The van der Waals surface area contributed by atoms with Gasteiger partial charge in [-0.25, -0.2) is 0 Å². The fraction of sp³-hybridized carbons (Fsp3) is 0.933. The van der Waals surface area contributed by atoms with Crippen molar-refractivity contribution in [2.24, 2.45) is 0 Å². The van der Waals surface area contributed by atoms with Gasteiger partial charge in [0.1, 0.15) is 42.7 Å². The van der Waals surface area contributed by atoms with Gasteiger partial charge in [0.15, 0.2) is 6.29 Å². The third-order valence-electron chi connectivity index (χ3n) is 4.66. The van der Waals surface area contributed by atoms with E-state index in [9.17, 15) is 35.4 Å². The molecule has 2 rings (SSSR count). The summed E-state index contributed by atoms with van der Waals surface area (Å²) in [4.78, 5) is 11.5. The normalized spacial score (nSPS) is 46.8. The van der Waals surface area contributed by atoms with E-state index in [-0.39, 0.29) is 0 Å². The van der Waals surface area contributed by atoms with Crippen LogP contribution >= 0.6 is 0 Å². The minimum absolute atomic E-state index is 0.414. The maximum absolute atomic E-state index is 11.5. The lowest BCUT2D eigenvalue weighted by Crippen LogP contribution is -2.67. The Hall–Kier alpha value is -0.890. The minimum Gasteiger partial charge on any atom is -0.394 e. The van der Waals surface area contributed by atoms with Crippen LogP contribution in [0.2, 0.25) is 0 Å². The van der Waals surface area contributed by atoms with Crippen LogP contribution in [0.1, 0.15) is 13.8 Å².